The zero-order valence-electron chi connectivity index (χ0n) is 16.3. The van der Waals surface area contributed by atoms with Crippen LogP contribution in [-0.4, -0.2) is 30.7 Å². The molecule has 138 valence electrons. The van der Waals surface area contributed by atoms with Crippen molar-refractivity contribution in [3.63, 3.8) is 0 Å². The van der Waals surface area contributed by atoms with Gasteiger partial charge in [0.1, 0.15) is 0 Å². The molecule has 0 saturated carbocycles. The van der Waals surface area contributed by atoms with Gasteiger partial charge >= 0.3 is 5.97 Å². The van der Waals surface area contributed by atoms with Gasteiger partial charge in [-0.05, 0) is 67.6 Å². The second kappa shape index (κ2) is 6.67. The quantitative estimate of drug-likeness (QED) is 0.836. The molecule has 0 atom stereocenters. The molecule has 0 spiro atoms. The first-order valence-electron chi connectivity index (χ1n) is 9.19. The van der Waals surface area contributed by atoms with Gasteiger partial charge in [-0.1, -0.05) is 19.9 Å². The third kappa shape index (κ3) is 3.28. The second-order valence-corrected chi connectivity index (χ2v) is 8.03. The fourth-order valence-electron chi connectivity index (χ4n) is 3.71. The Morgan fingerprint density at radius 3 is 2.31 bits per heavy atom. The summed E-state index contributed by atoms with van der Waals surface area (Å²) in [5.74, 6) is -0.900. The van der Waals surface area contributed by atoms with Crippen LogP contribution < -0.4 is 9.80 Å². The number of rotatable bonds is 4. The van der Waals surface area contributed by atoms with Gasteiger partial charge in [0.2, 0.25) is 0 Å². The smallest absolute Gasteiger partial charge is 0.335 e. The predicted molar refractivity (Wildman–Crippen MR) is 108 cm³/mol. The molecule has 0 aromatic heterocycles. The van der Waals surface area contributed by atoms with E-state index in [2.05, 4.69) is 55.7 Å². The molecule has 0 amide bonds. The average molecular weight is 352 g/mol. The first kappa shape index (κ1) is 18.3. The van der Waals surface area contributed by atoms with Crippen LogP contribution in [0.4, 0.5) is 17.1 Å². The molecule has 26 heavy (non-hydrogen) atoms. The van der Waals surface area contributed by atoms with Gasteiger partial charge in [0.25, 0.3) is 0 Å². The van der Waals surface area contributed by atoms with E-state index in [1.54, 1.807) is 12.1 Å². The predicted octanol–water partition coefficient (Wildman–Crippen LogP) is 5.05. The Hall–Kier alpha value is -2.49. The number of aromatic carboxylic acids is 1. The molecule has 0 radical (unpaired) electrons. The molecule has 3 rings (SSSR count). The molecule has 0 saturated heterocycles. The number of anilines is 3. The van der Waals surface area contributed by atoms with Crippen molar-refractivity contribution >= 4 is 23.0 Å². The van der Waals surface area contributed by atoms with Crippen LogP contribution >= 0.6 is 0 Å². The summed E-state index contributed by atoms with van der Waals surface area (Å²) < 4.78 is 0. The number of nitrogens with zero attached hydrogens (tertiary/aromatic N) is 2. The summed E-state index contributed by atoms with van der Waals surface area (Å²) >= 11 is 0. The third-order valence-electron chi connectivity index (χ3n) is 5.51. The van der Waals surface area contributed by atoms with Gasteiger partial charge in [-0.15, -0.1) is 0 Å². The zero-order chi connectivity index (χ0) is 19.1. The average Bonchev–Trinajstić information content (AvgIpc) is 2.60. The molecule has 2 aromatic rings. The van der Waals surface area contributed by atoms with Crippen molar-refractivity contribution in [1.29, 1.82) is 0 Å². The molecule has 0 fully saturated rings. The van der Waals surface area contributed by atoms with Gasteiger partial charge in [-0.3, -0.25) is 0 Å². The highest BCUT2D eigenvalue weighted by atomic mass is 16.4. The summed E-state index contributed by atoms with van der Waals surface area (Å²) in [6.45, 7) is 10.2. The van der Waals surface area contributed by atoms with Crippen LogP contribution in [0.15, 0.2) is 42.5 Å². The first-order chi connectivity index (χ1) is 12.2. The summed E-state index contributed by atoms with van der Waals surface area (Å²) in [4.78, 5) is 15.6. The Kier molecular flexibility index (Phi) is 4.70. The van der Waals surface area contributed by atoms with Crippen LogP contribution in [-0.2, 0) is 5.41 Å². The lowest BCUT2D eigenvalue weighted by atomic mass is 9.77. The van der Waals surface area contributed by atoms with Gasteiger partial charge in [0.05, 0.1) is 5.56 Å². The first-order valence-corrected chi connectivity index (χ1v) is 9.19. The van der Waals surface area contributed by atoms with Gasteiger partial charge in [-0.2, -0.15) is 0 Å². The monoisotopic (exact) mass is 352 g/mol. The van der Waals surface area contributed by atoms with E-state index in [1.165, 1.54) is 11.3 Å². The van der Waals surface area contributed by atoms with Crippen molar-refractivity contribution in [2.45, 2.75) is 45.6 Å². The normalized spacial score (nSPS) is 15.7. The van der Waals surface area contributed by atoms with E-state index in [-0.39, 0.29) is 5.41 Å². The molecule has 1 heterocycles. The molecule has 2 aromatic carbocycles. The Labute approximate surface area is 156 Å². The van der Waals surface area contributed by atoms with Crippen molar-refractivity contribution in [1.82, 2.24) is 0 Å². The fourth-order valence-corrected chi connectivity index (χ4v) is 3.71. The maximum Gasteiger partial charge on any atom is 0.335 e. The number of carboxylic acids is 1. The number of carboxylic acid groups (broad SMARTS) is 1. The second-order valence-electron chi connectivity index (χ2n) is 8.03. The van der Waals surface area contributed by atoms with E-state index in [9.17, 15) is 4.79 Å². The number of fused-ring (bicyclic) bond motifs is 1. The van der Waals surface area contributed by atoms with E-state index in [0.717, 1.165) is 24.3 Å². The summed E-state index contributed by atoms with van der Waals surface area (Å²) in [5.41, 5.74) is 5.27. The van der Waals surface area contributed by atoms with Gasteiger partial charge in [0.15, 0.2) is 0 Å². The van der Waals surface area contributed by atoms with Crippen molar-refractivity contribution in [2.24, 2.45) is 0 Å². The van der Waals surface area contributed by atoms with Crippen molar-refractivity contribution < 1.29 is 9.90 Å². The molecule has 1 aliphatic heterocycles. The van der Waals surface area contributed by atoms with Gasteiger partial charge in [0, 0.05) is 36.7 Å². The Bertz CT molecular complexity index is 809. The Morgan fingerprint density at radius 2 is 1.73 bits per heavy atom. The van der Waals surface area contributed by atoms with E-state index in [0.29, 0.717) is 11.6 Å². The molecule has 4 nitrogen and oxygen atoms in total. The standard InChI is InChI=1S/C22H28N2O2/c1-15(2)24-13-12-22(3,4)19-11-10-18(14-20(19)24)23(5)17-8-6-16(7-9-17)21(25)26/h6-11,14-15H,12-13H2,1-5H3,(H,25,26). The van der Waals surface area contributed by atoms with Crippen LogP contribution in [0, 0.1) is 0 Å². The molecule has 1 aliphatic rings. The molecular formula is C22H28N2O2. The number of carbonyl (C=O) groups is 1. The lowest BCUT2D eigenvalue weighted by Crippen LogP contribution is -2.41. The lowest BCUT2D eigenvalue weighted by molar-refractivity contribution is 0.0697. The maximum absolute atomic E-state index is 11.1. The molecular weight excluding hydrogens is 324 g/mol. The van der Waals surface area contributed by atoms with Crippen molar-refractivity contribution in [2.75, 3.05) is 23.4 Å². The highest BCUT2D eigenvalue weighted by Crippen LogP contribution is 2.42. The molecule has 4 heteroatoms. The van der Waals surface area contributed by atoms with Gasteiger partial charge in [-0.25, -0.2) is 4.79 Å². The summed E-state index contributed by atoms with van der Waals surface area (Å²) in [6.07, 6.45) is 1.16. The number of hydrogen-bond donors (Lipinski definition) is 1. The highest BCUT2D eigenvalue weighted by Gasteiger charge is 2.32. The van der Waals surface area contributed by atoms with Crippen LogP contribution in [0.3, 0.4) is 0 Å². The fraction of sp³-hybridized carbons (Fsp3) is 0.409. The van der Waals surface area contributed by atoms with E-state index in [1.807, 2.05) is 19.2 Å². The lowest BCUT2D eigenvalue weighted by Gasteiger charge is -2.43. The Balaban J connectivity index is 1.98. The maximum atomic E-state index is 11.1. The molecule has 0 unspecified atom stereocenters. The summed E-state index contributed by atoms with van der Waals surface area (Å²) in [6, 6.07) is 14.1. The van der Waals surface area contributed by atoms with E-state index < -0.39 is 5.97 Å². The number of benzene rings is 2. The van der Waals surface area contributed by atoms with Crippen LogP contribution in [0.2, 0.25) is 0 Å². The van der Waals surface area contributed by atoms with Crippen LogP contribution in [0.5, 0.6) is 0 Å². The minimum atomic E-state index is -0.900. The zero-order valence-corrected chi connectivity index (χ0v) is 16.3. The third-order valence-corrected chi connectivity index (χ3v) is 5.51. The van der Waals surface area contributed by atoms with E-state index in [4.69, 9.17) is 5.11 Å². The largest absolute Gasteiger partial charge is 0.478 e. The SMILES string of the molecule is CC(C)N1CCC(C)(C)c2ccc(N(C)c3ccc(C(=O)O)cc3)cc21. The highest BCUT2D eigenvalue weighted by molar-refractivity contribution is 5.88. The summed E-state index contributed by atoms with van der Waals surface area (Å²) in [7, 11) is 2.02. The van der Waals surface area contributed by atoms with E-state index >= 15 is 0 Å². The molecule has 0 aliphatic carbocycles. The van der Waals surface area contributed by atoms with Crippen LogP contribution in [0.25, 0.3) is 0 Å². The summed E-state index contributed by atoms with van der Waals surface area (Å²) in [5, 5.41) is 9.07. The van der Waals surface area contributed by atoms with Crippen LogP contribution in [0.1, 0.15) is 50.0 Å². The minimum absolute atomic E-state index is 0.182. The van der Waals surface area contributed by atoms with Gasteiger partial charge < -0.3 is 14.9 Å². The minimum Gasteiger partial charge on any atom is -0.478 e. The molecule has 1 N–H and O–H groups in total. The number of hydrogen-bond acceptors (Lipinski definition) is 3. The van der Waals surface area contributed by atoms with Crippen molar-refractivity contribution in [3.05, 3.63) is 53.6 Å². The Morgan fingerprint density at radius 1 is 1.12 bits per heavy atom. The topological polar surface area (TPSA) is 43.8 Å². The van der Waals surface area contributed by atoms with Crippen molar-refractivity contribution in [3.8, 4) is 0 Å². The molecule has 0 bridgehead atoms.